The number of aromatic nitrogens is 2. The number of fused-ring (bicyclic) bond motifs is 1. The number of halogens is 1. The first-order valence-electron chi connectivity index (χ1n) is 11.6. The Morgan fingerprint density at radius 2 is 1.59 bits per heavy atom. The van der Waals surface area contributed by atoms with Crippen molar-refractivity contribution in [2.45, 2.75) is 13.1 Å². The number of aryl methyl sites for hydroxylation is 1. The number of amides is 1. The van der Waals surface area contributed by atoms with Crippen molar-refractivity contribution < 1.29 is 4.79 Å². The van der Waals surface area contributed by atoms with Gasteiger partial charge in [-0.15, -0.1) is 0 Å². The first-order chi connectivity index (χ1) is 16.6. The van der Waals surface area contributed by atoms with E-state index in [9.17, 15) is 4.79 Å². The Hall–Kier alpha value is -3.19. The molecule has 1 saturated heterocycles. The highest BCUT2D eigenvalue weighted by atomic mass is 35.5. The quantitative estimate of drug-likeness (QED) is 0.437. The molecule has 0 bridgehead atoms. The van der Waals surface area contributed by atoms with E-state index in [-0.39, 0.29) is 5.91 Å². The van der Waals surface area contributed by atoms with Crippen LogP contribution >= 0.6 is 11.6 Å². The molecular weight excluding hydrogens is 446 g/mol. The molecule has 0 spiro atoms. The molecule has 1 aromatic heterocycles. The van der Waals surface area contributed by atoms with Crippen LogP contribution in [-0.2, 0) is 20.1 Å². The van der Waals surface area contributed by atoms with Crippen LogP contribution in [0.3, 0.4) is 0 Å². The molecule has 0 aliphatic carbocycles. The zero-order chi connectivity index (χ0) is 23.5. The third kappa shape index (κ3) is 4.99. The summed E-state index contributed by atoms with van der Waals surface area (Å²) in [6.07, 6.45) is 0. The van der Waals surface area contributed by atoms with Gasteiger partial charge < -0.3 is 9.88 Å². The van der Waals surface area contributed by atoms with Gasteiger partial charge >= 0.3 is 0 Å². The Kier molecular flexibility index (Phi) is 6.63. The molecule has 174 valence electrons. The highest BCUT2D eigenvalue weighted by Crippen LogP contribution is 2.23. The minimum Gasteiger partial charge on any atom is -0.330 e. The number of rotatable bonds is 6. The topological polar surface area (TPSA) is 53.4 Å². The third-order valence-electron chi connectivity index (χ3n) is 6.43. The SMILES string of the molecule is Cn1c(CN2CCN(Cc3ccccc3)CC2)nc2cc(NC(=O)c3ccccc3Cl)ccc21. The lowest BCUT2D eigenvalue weighted by molar-refractivity contribution is 0.102. The van der Waals surface area contributed by atoms with Crippen LogP contribution in [0.2, 0.25) is 5.02 Å². The molecule has 1 fully saturated rings. The number of anilines is 1. The maximum absolute atomic E-state index is 12.6. The number of carbonyl (C=O) groups excluding carboxylic acids is 1. The van der Waals surface area contributed by atoms with Crippen LogP contribution in [0.1, 0.15) is 21.7 Å². The van der Waals surface area contributed by atoms with E-state index in [2.05, 4.69) is 57.1 Å². The molecule has 34 heavy (non-hydrogen) atoms. The molecule has 1 aliphatic heterocycles. The van der Waals surface area contributed by atoms with Crippen molar-refractivity contribution in [2.75, 3.05) is 31.5 Å². The van der Waals surface area contributed by atoms with Gasteiger partial charge in [0.05, 0.1) is 28.2 Å². The van der Waals surface area contributed by atoms with Gasteiger partial charge in [0.15, 0.2) is 0 Å². The highest BCUT2D eigenvalue weighted by Gasteiger charge is 2.19. The second-order valence-corrected chi connectivity index (χ2v) is 9.17. The van der Waals surface area contributed by atoms with Crippen molar-refractivity contribution in [1.82, 2.24) is 19.4 Å². The lowest BCUT2D eigenvalue weighted by atomic mass is 10.2. The molecule has 4 aromatic rings. The summed E-state index contributed by atoms with van der Waals surface area (Å²) in [7, 11) is 2.05. The van der Waals surface area contributed by atoms with Crippen molar-refractivity contribution in [2.24, 2.45) is 7.05 Å². The molecule has 0 unspecified atom stereocenters. The van der Waals surface area contributed by atoms with Gasteiger partial charge in [0, 0.05) is 45.5 Å². The van der Waals surface area contributed by atoms with Crippen molar-refractivity contribution in [3.63, 3.8) is 0 Å². The van der Waals surface area contributed by atoms with Gasteiger partial charge in [0.1, 0.15) is 5.82 Å². The summed E-state index contributed by atoms with van der Waals surface area (Å²) < 4.78 is 2.14. The standard InChI is InChI=1S/C27H28ClN5O/c1-31-25-12-11-21(29-27(34)22-9-5-6-10-23(22)28)17-24(25)30-26(31)19-33-15-13-32(14-16-33)18-20-7-3-2-4-8-20/h2-12,17H,13-16,18-19H2,1H3,(H,29,34). The number of hydrogen-bond donors (Lipinski definition) is 1. The Bertz CT molecular complexity index is 1300. The number of nitrogens with one attached hydrogen (secondary N) is 1. The zero-order valence-corrected chi connectivity index (χ0v) is 20.0. The summed E-state index contributed by atoms with van der Waals surface area (Å²) in [4.78, 5) is 22.5. The van der Waals surface area contributed by atoms with Crippen molar-refractivity contribution in [3.05, 3.63) is 94.8 Å². The number of imidazole rings is 1. The predicted molar refractivity (Wildman–Crippen MR) is 137 cm³/mol. The molecule has 7 heteroatoms. The van der Waals surface area contributed by atoms with E-state index in [1.807, 2.05) is 24.3 Å². The van der Waals surface area contributed by atoms with Crippen LogP contribution in [0.5, 0.6) is 0 Å². The van der Waals surface area contributed by atoms with E-state index < -0.39 is 0 Å². The van der Waals surface area contributed by atoms with Gasteiger partial charge in [0.2, 0.25) is 0 Å². The molecule has 0 radical (unpaired) electrons. The van der Waals surface area contributed by atoms with Crippen LogP contribution in [0, 0.1) is 0 Å². The first kappa shape index (κ1) is 22.6. The van der Waals surface area contributed by atoms with Gasteiger partial charge in [0.25, 0.3) is 5.91 Å². The molecule has 1 N–H and O–H groups in total. The Morgan fingerprint density at radius 1 is 0.912 bits per heavy atom. The van der Waals surface area contributed by atoms with Crippen LogP contribution in [0.25, 0.3) is 11.0 Å². The van der Waals surface area contributed by atoms with Crippen LogP contribution in [-0.4, -0.2) is 51.4 Å². The Morgan fingerprint density at radius 3 is 2.32 bits per heavy atom. The second-order valence-electron chi connectivity index (χ2n) is 8.76. The Balaban J connectivity index is 1.23. The minimum absolute atomic E-state index is 0.227. The molecule has 0 atom stereocenters. The predicted octanol–water partition coefficient (Wildman–Crippen LogP) is 4.80. The smallest absolute Gasteiger partial charge is 0.257 e. The molecule has 2 heterocycles. The van der Waals surface area contributed by atoms with Gasteiger partial charge in [-0.3, -0.25) is 14.6 Å². The van der Waals surface area contributed by atoms with E-state index in [0.29, 0.717) is 16.3 Å². The molecule has 1 aliphatic rings. The fraction of sp³-hybridized carbons (Fsp3) is 0.259. The highest BCUT2D eigenvalue weighted by molar-refractivity contribution is 6.34. The molecule has 6 nitrogen and oxygen atoms in total. The van der Waals surface area contributed by atoms with E-state index in [1.165, 1.54) is 5.56 Å². The number of hydrogen-bond acceptors (Lipinski definition) is 4. The minimum atomic E-state index is -0.227. The van der Waals surface area contributed by atoms with Crippen LogP contribution in [0.4, 0.5) is 5.69 Å². The van der Waals surface area contributed by atoms with Gasteiger partial charge in [-0.2, -0.15) is 0 Å². The molecule has 0 saturated carbocycles. The van der Waals surface area contributed by atoms with E-state index >= 15 is 0 Å². The summed E-state index contributed by atoms with van der Waals surface area (Å²) >= 11 is 6.16. The zero-order valence-electron chi connectivity index (χ0n) is 19.2. The van der Waals surface area contributed by atoms with E-state index in [1.54, 1.807) is 18.2 Å². The summed E-state index contributed by atoms with van der Waals surface area (Å²) in [6.45, 7) is 5.97. The summed E-state index contributed by atoms with van der Waals surface area (Å²) in [6, 6.07) is 23.5. The lowest BCUT2D eigenvalue weighted by Crippen LogP contribution is -2.45. The van der Waals surface area contributed by atoms with Crippen LogP contribution < -0.4 is 5.32 Å². The third-order valence-corrected chi connectivity index (χ3v) is 6.76. The lowest BCUT2D eigenvalue weighted by Gasteiger charge is -2.34. The number of carbonyl (C=O) groups is 1. The average Bonchev–Trinajstić information content (AvgIpc) is 3.15. The Labute approximate surface area is 204 Å². The summed E-state index contributed by atoms with van der Waals surface area (Å²) in [5.41, 5.74) is 4.45. The van der Waals surface area contributed by atoms with E-state index in [0.717, 1.165) is 56.1 Å². The average molecular weight is 474 g/mol. The summed E-state index contributed by atoms with van der Waals surface area (Å²) in [5.74, 6) is 0.801. The largest absolute Gasteiger partial charge is 0.330 e. The van der Waals surface area contributed by atoms with E-state index in [4.69, 9.17) is 16.6 Å². The number of nitrogens with zero attached hydrogens (tertiary/aromatic N) is 4. The number of piperazine rings is 1. The molecule has 1 amide bonds. The van der Waals surface area contributed by atoms with Crippen molar-refractivity contribution in [1.29, 1.82) is 0 Å². The normalized spacial score (nSPS) is 15.0. The maximum Gasteiger partial charge on any atom is 0.257 e. The van der Waals surface area contributed by atoms with Gasteiger partial charge in [-0.05, 0) is 35.9 Å². The molecular formula is C27H28ClN5O. The van der Waals surface area contributed by atoms with Gasteiger partial charge in [-0.1, -0.05) is 54.1 Å². The maximum atomic E-state index is 12.6. The molecule has 3 aromatic carbocycles. The monoisotopic (exact) mass is 473 g/mol. The fourth-order valence-electron chi connectivity index (χ4n) is 4.46. The van der Waals surface area contributed by atoms with Crippen molar-refractivity contribution >= 4 is 34.2 Å². The van der Waals surface area contributed by atoms with Crippen LogP contribution in [0.15, 0.2) is 72.8 Å². The number of benzene rings is 3. The van der Waals surface area contributed by atoms with Crippen molar-refractivity contribution in [3.8, 4) is 0 Å². The summed E-state index contributed by atoms with van der Waals surface area (Å²) in [5, 5.41) is 3.37. The van der Waals surface area contributed by atoms with Gasteiger partial charge in [-0.25, -0.2) is 4.98 Å². The second kappa shape index (κ2) is 9.97. The fourth-order valence-corrected chi connectivity index (χ4v) is 4.68. The molecule has 5 rings (SSSR count). The first-order valence-corrected chi connectivity index (χ1v) is 11.9.